The van der Waals surface area contributed by atoms with Crippen LogP contribution in [-0.2, 0) is 11.2 Å². The van der Waals surface area contributed by atoms with E-state index in [1.165, 1.54) is 0 Å². The molecule has 16 heavy (non-hydrogen) atoms. The number of nitrogens with two attached hydrogens (primary N) is 1. The van der Waals surface area contributed by atoms with Crippen molar-refractivity contribution in [1.29, 1.82) is 0 Å². The zero-order valence-corrected chi connectivity index (χ0v) is 9.86. The Labute approximate surface area is 96.3 Å². The van der Waals surface area contributed by atoms with E-state index in [2.05, 4.69) is 10.3 Å². The normalized spacial score (nSPS) is 11.2. The second-order valence-electron chi connectivity index (χ2n) is 4.46. The van der Waals surface area contributed by atoms with Crippen LogP contribution in [0.5, 0.6) is 0 Å². The predicted octanol–water partition coefficient (Wildman–Crippen LogP) is 0.868. The molecule has 0 radical (unpaired) electrons. The summed E-state index contributed by atoms with van der Waals surface area (Å²) in [6.45, 7) is 4.01. The molecule has 0 saturated carbocycles. The van der Waals surface area contributed by atoms with Crippen LogP contribution < -0.4 is 11.1 Å². The van der Waals surface area contributed by atoms with E-state index in [-0.39, 0.29) is 18.0 Å². The standard InChI is InChI=1S/C12H19N3O/c1-12(2,15-11(16)9-13)7-6-10-5-3-4-8-14-10/h3-5,8H,6-7,9,13H2,1-2H3,(H,15,16). The third-order valence-corrected chi connectivity index (χ3v) is 2.40. The Kier molecular flexibility index (Phi) is 4.43. The van der Waals surface area contributed by atoms with Gasteiger partial charge in [-0.2, -0.15) is 0 Å². The number of aromatic nitrogens is 1. The Balaban J connectivity index is 2.44. The Hall–Kier alpha value is -1.42. The highest BCUT2D eigenvalue weighted by molar-refractivity contribution is 5.78. The van der Waals surface area contributed by atoms with Gasteiger partial charge in [-0.3, -0.25) is 9.78 Å². The Morgan fingerprint density at radius 2 is 2.25 bits per heavy atom. The number of nitrogens with one attached hydrogen (secondary N) is 1. The van der Waals surface area contributed by atoms with Gasteiger partial charge in [0, 0.05) is 17.4 Å². The van der Waals surface area contributed by atoms with Gasteiger partial charge in [0.05, 0.1) is 6.54 Å². The number of carbonyl (C=O) groups is 1. The van der Waals surface area contributed by atoms with Crippen LogP contribution in [0.2, 0.25) is 0 Å². The summed E-state index contributed by atoms with van der Waals surface area (Å²) < 4.78 is 0. The van der Waals surface area contributed by atoms with Crippen molar-refractivity contribution in [1.82, 2.24) is 10.3 Å². The van der Waals surface area contributed by atoms with Gasteiger partial charge in [0.25, 0.3) is 0 Å². The monoisotopic (exact) mass is 221 g/mol. The molecule has 1 amide bonds. The van der Waals surface area contributed by atoms with Crippen molar-refractivity contribution >= 4 is 5.91 Å². The second-order valence-corrected chi connectivity index (χ2v) is 4.46. The Bertz CT molecular complexity index is 335. The molecule has 0 fully saturated rings. The van der Waals surface area contributed by atoms with Crippen LogP contribution >= 0.6 is 0 Å². The summed E-state index contributed by atoms with van der Waals surface area (Å²) in [6, 6.07) is 5.85. The topological polar surface area (TPSA) is 68.0 Å². The lowest BCUT2D eigenvalue weighted by atomic mass is 9.97. The molecule has 0 aliphatic rings. The van der Waals surface area contributed by atoms with Crippen LogP contribution in [0.3, 0.4) is 0 Å². The molecule has 0 unspecified atom stereocenters. The van der Waals surface area contributed by atoms with Gasteiger partial charge in [-0.05, 0) is 38.8 Å². The summed E-state index contributed by atoms with van der Waals surface area (Å²) in [4.78, 5) is 15.4. The minimum atomic E-state index is -0.242. The maximum atomic E-state index is 11.2. The first kappa shape index (κ1) is 12.6. The van der Waals surface area contributed by atoms with E-state index in [0.29, 0.717) is 0 Å². The SMILES string of the molecule is CC(C)(CCc1ccccn1)NC(=O)CN. The first-order chi connectivity index (χ1) is 7.53. The van der Waals surface area contributed by atoms with Gasteiger partial charge in [0.15, 0.2) is 0 Å². The van der Waals surface area contributed by atoms with Crippen LogP contribution in [0.4, 0.5) is 0 Å². The van der Waals surface area contributed by atoms with Crippen molar-refractivity contribution in [2.75, 3.05) is 6.54 Å². The van der Waals surface area contributed by atoms with Crippen LogP contribution in [-0.4, -0.2) is 23.0 Å². The van der Waals surface area contributed by atoms with Crippen molar-refractivity contribution < 1.29 is 4.79 Å². The summed E-state index contributed by atoms with van der Waals surface area (Å²) in [5, 5.41) is 2.88. The van der Waals surface area contributed by atoms with Crippen molar-refractivity contribution in [2.45, 2.75) is 32.2 Å². The van der Waals surface area contributed by atoms with E-state index in [4.69, 9.17) is 5.73 Å². The van der Waals surface area contributed by atoms with Gasteiger partial charge in [-0.25, -0.2) is 0 Å². The molecule has 1 aromatic heterocycles. The number of carbonyl (C=O) groups excluding carboxylic acids is 1. The summed E-state index contributed by atoms with van der Waals surface area (Å²) in [7, 11) is 0. The second kappa shape index (κ2) is 5.61. The van der Waals surface area contributed by atoms with Gasteiger partial charge in [-0.15, -0.1) is 0 Å². The maximum absolute atomic E-state index is 11.2. The molecular weight excluding hydrogens is 202 g/mol. The maximum Gasteiger partial charge on any atom is 0.234 e. The number of hydrogen-bond donors (Lipinski definition) is 2. The summed E-state index contributed by atoms with van der Waals surface area (Å²) >= 11 is 0. The molecule has 1 heterocycles. The number of nitrogens with zero attached hydrogens (tertiary/aromatic N) is 1. The van der Waals surface area contributed by atoms with Crippen LogP contribution in [0.15, 0.2) is 24.4 Å². The summed E-state index contributed by atoms with van der Waals surface area (Å²) in [5.74, 6) is -0.119. The first-order valence-corrected chi connectivity index (χ1v) is 5.44. The van der Waals surface area contributed by atoms with Gasteiger partial charge < -0.3 is 11.1 Å². The highest BCUT2D eigenvalue weighted by Gasteiger charge is 2.19. The van der Waals surface area contributed by atoms with E-state index >= 15 is 0 Å². The predicted molar refractivity (Wildman–Crippen MR) is 63.8 cm³/mol. The van der Waals surface area contributed by atoms with E-state index in [1.54, 1.807) is 6.20 Å². The fourth-order valence-electron chi connectivity index (χ4n) is 1.48. The Morgan fingerprint density at radius 1 is 1.50 bits per heavy atom. The molecule has 0 saturated heterocycles. The van der Waals surface area contributed by atoms with E-state index in [9.17, 15) is 4.79 Å². The summed E-state index contributed by atoms with van der Waals surface area (Å²) in [5.41, 5.74) is 6.06. The third-order valence-electron chi connectivity index (χ3n) is 2.40. The van der Waals surface area contributed by atoms with Crippen LogP contribution in [0.25, 0.3) is 0 Å². The molecule has 0 spiro atoms. The molecule has 0 bridgehead atoms. The quantitative estimate of drug-likeness (QED) is 0.775. The zero-order chi connectivity index (χ0) is 12.0. The smallest absolute Gasteiger partial charge is 0.234 e. The number of hydrogen-bond acceptors (Lipinski definition) is 3. The fraction of sp³-hybridized carbons (Fsp3) is 0.500. The van der Waals surface area contributed by atoms with E-state index in [0.717, 1.165) is 18.5 Å². The highest BCUT2D eigenvalue weighted by Crippen LogP contribution is 2.11. The minimum absolute atomic E-state index is 0.0347. The lowest BCUT2D eigenvalue weighted by Crippen LogP contribution is -2.46. The molecule has 0 aromatic carbocycles. The molecule has 1 rings (SSSR count). The highest BCUT2D eigenvalue weighted by atomic mass is 16.1. The number of pyridine rings is 1. The van der Waals surface area contributed by atoms with E-state index in [1.807, 2.05) is 32.0 Å². The number of amides is 1. The number of rotatable bonds is 5. The Morgan fingerprint density at radius 3 is 2.81 bits per heavy atom. The lowest BCUT2D eigenvalue weighted by Gasteiger charge is -2.25. The molecule has 88 valence electrons. The van der Waals surface area contributed by atoms with Crippen LogP contribution in [0, 0.1) is 0 Å². The van der Waals surface area contributed by atoms with Gasteiger partial charge in [-0.1, -0.05) is 6.07 Å². The molecule has 3 N–H and O–H groups in total. The minimum Gasteiger partial charge on any atom is -0.350 e. The lowest BCUT2D eigenvalue weighted by molar-refractivity contribution is -0.121. The van der Waals surface area contributed by atoms with Crippen molar-refractivity contribution in [3.63, 3.8) is 0 Å². The van der Waals surface area contributed by atoms with E-state index < -0.39 is 0 Å². The van der Waals surface area contributed by atoms with Crippen molar-refractivity contribution in [3.8, 4) is 0 Å². The molecule has 0 aliphatic heterocycles. The molecule has 4 heteroatoms. The van der Waals surface area contributed by atoms with Crippen molar-refractivity contribution in [3.05, 3.63) is 30.1 Å². The molecule has 0 aliphatic carbocycles. The average Bonchev–Trinajstić information content (AvgIpc) is 2.27. The van der Waals surface area contributed by atoms with Gasteiger partial charge in [0.1, 0.15) is 0 Å². The largest absolute Gasteiger partial charge is 0.350 e. The molecular formula is C12H19N3O. The van der Waals surface area contributed by atoms with Crippen molar-refractivity contribution in [2.24, 2.45) is 5.73 Å². The summed E-state index contributed by atoms with van der Waals surface area (Å²) in [6.07, 6.45) is 3.47. The van der Waals surface area contributed by atoms with Gasteiger partial charge >= 0.3 is 0 Å². The molecule has 0 atom stereocenters. The first-order valence-electron chi connectivity index (χ1n) is 5.44. The van der Waals surface area contributed by atoms with Crippen LogP contribution in [0.1, 0.15) is 26.0 Å². The average molecular weight is 221 g/mol. The third kappa shape index (κ3) is 4.40. The van der Waals surface area contributed by atoms with Gasteiger partial charge in [0.2, 0.25) is 5.91 Å². The zero-order valence-electron chi connectivity index (χ0n) is 9.86. The number of aryl methyl sites for hydroxylation is 1. The molecule has 4 nitrogen and oxygen atoms in total. The molecule has 1 aromatic rings. The fourth-order valence-corrected chi connectivity index (χ4v) is 1.48.